The van der Waals surface area contributed by atoms with Gasteiger partial charge in [0.1, 0.15) is 0 Å². The topological polar surface area (TPSA) is 68.7 Å². The molecule has 7 heteroatoms. The van der Waals surface area contributed by atoms with Crippen molar-refractivity contribution in [3.8, 4) is 0 Å². The Kier molecular flexibility index (Phi) is 7.02. The first-order valence-corrected chi connectivity index (χ1v) is 5.94. The average Bonchev–Trinajstić information content (AvgIpc) is 2.88. The summed E-state index contributed by atoms with van der Waals surface area (Å²) in [6.07, 6.45) is 6.52. The fourth-order valence-corrected chi connectivity index (χ4v) is 1.76. The van der Waals surface area contributed by atoms with Crippen molar-refractivity contribution in [3.05, 3.63) is 18.7 Å². The van der Waals surface area contributed by atoms with Gasteiger partial charge in [-0.3, -0.25) is 4.99 Å². The Morgan fingerprint density at radius 2 is 2.17 bits per heavy atom. The highest BCUT2D eigenvalue weighted by atomic mass is 127. The summed E-state index contributed by atoms with van der Waals surface area (Å²) in [6, 6.07) is 0. The normalized spacial score (nSPS) is 16.4. The molecule has 1 aromatic heterocycles. The molecule has 1 aliphatic heterocycles. The second kappa shape index (κ2) is 8.30. The Morgan fingerprint density at radius 1 is 1.39 bits per heavy atom. The van der Waals surface area contributed by atoms with E-state index in [1.165, 1.54) is 0 Å². The number of guanidine groups is 1. The molecule has 0 unspecified atom stereocenters. The van der Waals surface area contributed by atoms with Crippen molar-refractivity contribution in [2.24, 2.45) is 10.7 Å². The van der Waals surface area contributed by atoms with Crippen molar-refractivity contribution < 1.29 is 4.74 Å². The van der Waals surface area contributed by atoms with Crippen LogP contribution in [-0.4, -0.2) is 53.3 Å². The SMILES string of the molecule is I.NC(=NCCCn1ccnc1)N1CCOCC1. The first-order valence-electron chi connectivity index (χ1n) is 5.94. The molecule has 0 saturated carbocycles. The van der Waals surface area contributed by atoms with E-state index in [4.69, 9.17) is 10.5 Å². The van der Waals surface area contributed by atoms with Crippen LogP contribution in [0.5, 0.6) is 0 Å². The predicted octanol–water partition coefficient (Wildman–Crippen LogP) is 0.538. The van der Waals surface area contributed by atoms with E-state index in [9.17, 15) is 0 Å². The molecule has 0 spiro atoms. The predicted molar refractivity (Wildman–Crippen MR) is 81.1 cm³/mol. The molecule has 1 saturated heterocycles. The Morgan fingerprint density at radius 3 is 2.83 bits per heavy atom. The maximum absolute atomic E-state index is 5.91. The summed E-state index contributed by atoms with van der Waals surface area (Å²) in [4.78, 5) is 10.4. The van der Waals surface area contributed by atoms with Crippen LogP contribution in [0.15, 0.2) is 23.7 Å². The second-order valence-electron chi connectivity index (χ2n) is 3.99. The molecule has 0 atom stereocenters. The number of nitrogens with two attached hydrogens (primary N) is 1. The molecular weight excluding hydrogens is 345 g/mol. The molecule has 0 amide bonds. The van der Waals surface area contributed by atoms with Crippen LogP contribution in [-0.2, 0) is 11.3 Å². The zero-order valence-electron chi connectivity index (χ0n) is 10.4. The van der Waals surface area contributed by atoms with Crippen LogP contribution < -0.4 is 5.73 Å². The number of aromatic nitrogens is 2. The number of hydrogen-bond donors (Lipinski definition) is 1. The highest BCUT2D eigenvalue weighted by Gasteiger charge is 2.11. The molecule has 2 N–H and O–H groups in total. The highest BCUT2D eigenvalue weighted by molar-refractivity contribution is 14.0. The fraction of sp³-hybridized carbons (Fsp3) is 0.636. The first kappa shape index (κ1) is 15.2. The monoisotopic (exact) mass is 365 g/mol. The zero-order valence-corrected chi connectivity index (χ0v) is 12.7. The summed E-state index contributed by atoms with van der Waals surface area (Å²) >= 11 is 0. The molecular formula is C11H20IN5O. The van der Waals surface area contributed by atoms with Crippen LogP contribution in [0.2, 0.25) is 0 Å². The Balaban J connectivity index is 0.00000162. The van der Waals surface area contributed by atoms with Gasteiger partial charge in [-0.05, 0) is 6.42 Å². The van der Waals surface area contributed by atoms with Gasteiger partial charge in [-0.15, -0.1) is 24.0 Å². The van der Waals surface area contributed by atoms with E-state index >= 15 is 0 Å². The van der Waals surface area contributed by atoms with Gasteiger partial charge in [-0.25, -0.2) is 4.98 Å². The number of morpholine rings is 1. The molecule has 0 radical (unpaired) electrons. The number of hydrogen-bond acceptors (Lipinski definition) is 3. The number of rotatable bonds is 4. The number of nitrogens with zero attached hydrogens (tertiary/aromatic N) is 4. The standard InChI is InChI=1S/C11H19N5O.HI/c12-11(16-6-8-17-9-7-16)14-2-1-4-15-5-3-13-10-15;/h3,5,10H,1-2,4,6-9H2,(H2,12,14);1H. The van der Waals surface area contributed by atoms with Gasteiger partial charge in [0.2, 0.25) is 0 Å². The minimum atomic E-state index is 0. The maximum Gasteiger partial charge on any atom is 0.191 e. The number of ether oxygens (including phenoxy) is 1. The molecule has 1 fully saturated rings. The van der Waals surface area contributed by atoms with E-state index in [-0.39, 0.29) is 24.0 Å². The van der Waals surface area contributed by atoms with Crippen LogP contribution in [0.1, 0.15) is 6.42 Å². The van der Waals surface area contributed by atoms with Crippen LogP contribution >= 0.6 is 24.0 Å². The maximum atomic E-state index is 5.91. The minimum Gasteiger partial charge on any atom is -0.378 e. The molecule has 0 bridgehead atoms. The quantitative estimate of drug-likeness (QED) is 0.366. The summed E-state index contributed by atoms with van der Waals surface area (Å²) in [5.74, 6) is 0.638. The molecule has 1 aromatic rings. The van der Waals surface area contributed by atoms with Gasteiger partial charge in [0, 0.05) is 38.6 Å². The van der Waals surface area contributed by atoms with Gasteiger partial charge in [0.05, 0.1) is 19.5 Å². The number of aryl methyl sites for hydroxylation is 1. The van der Waals surface area contributed by atoms with Gasteiger partial charge < -0.3 is 19.9 Å². The minimum absolute atomic E-state index is 0. The van der Waals surface area contributed by atoms with Gasteiger partial charge in [0.15, 0.2) is 5.96 Å². The van der Waals surface area contributed by atoms with Crippen molar-refractivity contribution in [1.29, 1.82) is 0 Å². The Labute approximate surface area is 124 Å². The van der Waals surface area contributed by atoms with Gasteiger partial charge in [-0.2, -0.15) is 0 Å². The molecule has 0 aliphatic carbocycles. The molecule has 0 aromatic carbocycles. The van der Waals surface area contributed by atoms with Gasteiger partial charge in [0.25, 0.3) is 0 Å². The number of imidazole rings is 1. The van der Waals surface area contributed by atoms with Crippen LogP contribution in [0.25, 0.3) is 0 Å². The van der Waals surface area contributed by atoms with Crippen molar-refractivity contribution in [1.82, 2.24) is 14.5 Å². The van der Waals surface area contributed by atoms with E-state index in [1.807, 2.05) is 17.1 Å². The van der Waals surface area contributed by atoms with Crippen LogP contribution in [0, 0.1) is 0 Å². The van der Waals surface area contributed by atoms with Crippen molar-refractivity contribution in [2.45, 2.75) is 13.0 Å². The summed E-state index contributed by atoms with van der Waals surface area (Å²) in [5.41, 5.74) is 5.91. The Hall–Kier alpha value is -0.830. The smallest absolute Gasteiger partial charge is 0.191 e. The van der Waals surface area contributed by atoms with E-state index in [2.05, 4.69) is 14.9 Å². The largest absolute Gasteiger partial charge is 0.378 e. The lowest BCUT2D eigenvalue weighted by molar-refractivity contribution is 0.0674. The van der Waals surface area contributed by atoms with E-state index in [0.29, 0.717) is 5.96 Å². The third-order valence-electron chi connectivity index (χ3n) is 2.74. The number of halogens is 1. The van der Waals surface area contributed by atoms with Crippen molar-refractivity contribution in [3.63, 3.8) is 0 Å². The van der Waals surface area contributed by atoms with Crippen LogP contribution in [0.3, 0.4) is 0 Å². The lowest BCUT2D eigenvalue weighted by Crippen LogP contribution is -2.44. The molecule has 2 heterocycles. The lowest BCUT2D eigenvalue weighted by Gasteiger charge is -2.27. The Bertz CT molecular complexity index is 348. The number of aliphatic imine (C=N–C) groups is 1. The second-order valence-corrected chi connectivity index (χ2v) is 3.99. The van der Waals surface area contributed by atoms with Crippen LogP contribution in [0.4, 0.5) is 0 Å². The average molecular weight is 365 g/mol. The van der Waals surface area contributed by atoms with Crippen molar-refractivity contribution in [2.75, 3.05) is 32.8 Å². The first-order chi connectivity index (χ1) is 8.36. The van der Waals surface area contributed by atoms with Gasteiger partial charge >= 0.3 is 0 Å². The summed E-state index contributed by atoms with van der Waals surface area (Å²) in [5, 5.41) is 0. The molecule has 102 valence electrons. The summed E-state index contributed by atoms with van der Waals surface area (Å²) in [7, 11) is 0. The van der Waals surface area contributed by atoms with E-state index in [1.54, 1.807) is 6.20 Å². The van der Waals surface area contributed by atoms with Crippen molar-refractivity contribution >= 4 is 29.9 Å². The molecule has 1 aliphatic rings. The molecule has 6 nitrogen and oxygen atoms in total. The zero-order chi connectivity index (χ0) is 11.9. The fourth-order valence-electron chi connectivity index (χ4n) is 1.76. The van der Waals surface area contributed by atoms with Gasteiger partial charge in [-0.1, -0.05) is 0 Å². The molecule has 2 rings (SSSR count). The molecule has 18 heavy (non-hydrogen) atoms. The lowest BCUT2D eigenvalue weighted by atomic mass is 10.4. The third kappa shape index (κ3) is 4.81. The van der Waals surface area contributed by atoms with E-state index < -0.39 is 0 Å². The third-order valence-corrected chi connectivity index (χ3v) is 2.74. The van der Waals surface area contributed by atoms with E-state index in [0.717, 1.165) is 45.8 Å². The highest BCUT2D eigenvalue weighted by Crippen LogP contribution is 1.97. The summed E-state index contributed by atoms with van der Waals surface area (Å²) < 4.78 is 7.30. The summed E-state index contributed by atoms with van der Waals surface area (Å²) in [6.45, 7) is 4.85.